The molecule has 2 aromatic rings. The lowest BCUT2D eigenvalue weighted by atomic mass is 9.97. The molecule has 0 aromatic heterocycles. The van der Waals surface area contributed by atoms with Crippen molar-refractivity contribution in [2.45, 2.75) is 13.3 Å². The summed E-state index contributed by atoms with van der Waals surface area (Å²) in [6.07, 6.45) is 0.721. The maximum absolute atomic E-state index is 14.4. The zero-order chi connectivity index (χ0) is 20.1. The molecule has 0 aliphatic carbocycles. The molecule has 2 aromatic carbocycles. The molecule has 8 heteroatoms. The second-order valence-electron chi connectivity index (χ2n) is 5.81. The smallest absolute Gasteiger partial charge is 0.269 e. The number of nitrogens with one attached hydrogen (secondary N) is 1. The van der Waals surface area contributed by atoms with Gasteiger partial charge in [0, 0.05) is 29.3 Å². The maximum Gasteiger partial charge on any atom is 0.269 e. The molecule has 0 aliphatic heterocycles. The van der Waals surface area contributed by atoms with Crippen LogP contribution >= 0.6 is 0 Å². The zero-order valence-corrected chi connectivity index (χ0v) is 15.1. The first-order valence-electron chi connectivity index (χ1n) is 8.27. The summed E-state index contributed by atoms with van der Waals surface area (Å²) in [5.41, 5.74) is 17.3. The molecule has 0 radical (unpaired) electrons. The Bertz CT molecular complexity index is 898. The van der Waals surface area contributed by atoms with Crippen molar-refractivity contribution in [3.8, 4) is 16.9 Å². The van der Waals surface area contributed by atoms with E-state index in [-0.39, 0.29) is 39.5 Å². The predicted molar refractivity (Wildman–Crippen MR) is 101 cm³/mol. The predicted octanol–water partition coefficient (Wildman–Crippen LogP) is 2.33. The Morgan fingerprint density at radius 3 is 2.44 bits per heavy atom. The highest BCUT2D eigenvalue weighted by atomic mass is 19.1. The number of nitrogen functional groups attached to an aromatic ring is 1. The quantitative estimate of drug-likeness (QED) is 0.456. The average molecular weight is 376 g/mol. The summed E-state index contributed by atoms with van der Waals surface area (Å²) in [6, 6.07) is 6.34. The van der Waals surface area contributed by atoms with E-state index in [1.54, 1.807) is 0 Å². The van der Waals surface area contributed by atoms with Gasteiger partial charge in [-0.2, -0.15) is 0 Å². The molecule has 0 fully saturated rings. The van der Waals surface area contributed by atoms with Gasteiger partial charge in [-0.15, -0.1) is 0 Å². The van der Waals surface area contributed by atoms with E-state index in [1.165, 1.54) is 25.3 Å². The van der Waals surface area contributed by atoms with E-state index in [0.717, 1.165) is 18.6 Å². The summed E-state index contributed by atoms with van der Waals surface area (Å²) in [6.45, 7) is 2.31. The van der Waals surface area contributed by atoms with Gasteiger partial charge in [0.15, 0.2) is 0 Å². The maximum atomic E-state index is 14.4. The van der Waals surface area contributed by atoms with Gasteiger partial charge in [-0.25, -0.2) is 8.78 Å². The third-order valence-electron chi connectivity index (χ3n) is 4.00. The van der Waals surface area contributed by atoms with E-state index in [9.17, 15) is 13.6 Å². The molecule has 1 amide bonds. The van der Waals surface area contributed by atoms with Crippen LogP contribution in [0.5, 0.6) is 5.75 Å². The molecule has 7 N–H and O–H groups in total. The van der Waals surface area contributed by atoms with Crippen molar-refractivity contribution in [2.75, 3.05) is 19.4 Å². The number of halogens is 2. The molecular weight excluding hydrogens is 354 g/mol. The van der Waals surface area contributed by atoms with Crippen molar-refractivity contribution in [1.82, 2.24) is 5.32 Å². The lowest BCUT2D eigenvalue weighted by Crippen LogP contribution is -2.31. The Morgan fingerprint density at radius 1 is 1.15 bits per heavy atom. The van der Waals surface area contributed by atoms with Crippen LogP contribution in [0.4, 0.5) is 14.5 Å². The van der Waals surface area contributed by atoms with Crippen LogP contribution in [0.3, 0.4) is 0 Å². The van der Waals surface area contributed by atoms with Gasteiger partial charge < -0.3 is 27.3 Å². The van der Waals surface area contributed by atoms with Crippen LogP contribution in [0.15, 0.2) is 36.0 Å². The Kier molecular flexibility index (Phi) is 6.23. The van der Waals surface area contributed by atoms with Crippen molar-refractivity contribution in [3.05, 3.63) is 53.2 Å². The molecule has 0 spiro atoms. The summed E-state index contributed by atoms with van der Waals surface area (Å²) in [5, 5.41) is 2.59. The van der Waals surface area contributed by atoms with Gasteiger partial charge in [0.05, 0.1) is 18.5 Å². The highest BCUT2D eigenvalue weighted by Gasteiger charge is 2.20. The normalized spacial score (nSPS) is 11.7. The van der Waals surface area contributed by atoms with Crippen LogP contribution in [0.1, 0.15) is 18.9 Å². The first-order valence-corrected chi connectivity index (χ1v) is 8.27. The molecule has 0 unspecified atom stereocenters. The van der Waals surface area contributed by atoms with E-state index in [2.05, 4.69) is 5.32 Å². The van der Waals surface area contributed by atoms with Gasteiger partial charge >= 0.3 is 0 Å². The Hall–Kier alpha value is -3.29. The van der Waals surface area contributed by atoms with Gasteiger partial charge in [-0.3, -0.25) is 4.79 Å². The number of carbonyl (C=O) groups is 1. The summed E-state index contributed by atoms with van der Waals surface area (Å²) in [7, 11) is 1.39. The molecule has 2 rings (SSSR count). The Balaban J connectivity index is 2.57. The summed E-state index contributed by atoms with van der Waals surface area (Å²) >= 11 is 0. The van der Waals surface area contributed by atoms with Crippen LogP contribution in [-0.4, -0.2) is 19.6 Å². The fourth-order valence-corrected chi connectivity index (χ4v) is 2.53. The average Bonchev–Trinajstić information content (AvgIpc) is 2.66. The van der Waals surface area contributed by atoms with Gasteiger partial charge in [-0.05, 0) is 30.7 Å². The number of ether oxygens (including phenoxy) is 1. The minimum atomic E-state index is -0.734. The molecular formula is C19H22F2N4O2. The van der Waals surface area contributed by atoms with Gasteiger partial charge in [0.2, 0.25) is 0 Å². The largest absolute Gasteiger partial charge is 0.497 e. The summed E-state index contributed by atoms with van der Waals surface area (Å²) < 4.78 is 33.8. The fourth-order valence-electron chi connectivity index (χ4n) is 2.53. The SMILES string of the molecule is CCCNC(=O)/C(N)=C(\N)c1ccc(F)c(-c2ccc(OC)cc2F)c1N. The first-order chi connectivity index (χ1) is 12.8. The Morgan fingerprint density at radius 2 is 1.85 bits per heavy atom. The number of benzene rings is 2. The third-order valence-corrected chi connectivity index (χ3v) is 4.00. The van der Waals surface area contributed by atoms with Crippen molar-refractivity contribution < 1.29 is 18.3 Å². The topological polar surface area (TPSA) is 116 Å². The molecule has 0 saturated carbocycles. The second kappa shape index (κ2) is 8.39. The van der Waals surface area contributed by atoms with Gasteiger partial charge in [0.1, 0.15) is 23.1 Å². The van der Waals surface area contributed by atoms with Gasteiger partial charge in [0.25, 0.3) is 5.91 Å². The molecule has 144 valence electrons. The highest BCUT2D eigenvalue weighted by molar-refractivity contribution is 6.01. The van der Waals surface area contributed by atoms with Crippen LogP contribution in [0, 0.1) is 11.6 Å². The first kappa shape index (κ1) is 20.0. The highest BCUT2D eigenvalue weighted by Crippen LogP contribution is 2.36. The number of carbonyl (C=O) groups excluding carboxylic acids is 1. The standard InChI is InChI=1S/C19H22F2N4O2/c1-3-8-25-19(26)18(24)17(23)12-6-7-13(20)15(16(12)22)11-5-4-10(27-2)9-14(11)21/h4-7,9H,3,8,22-24H2,1-2H3,(H,25,26)/b18-17+. The minimum absolute atomic E-state index is 0.0607. The summed E-state index contributed by atoms with van der Waals surface area (Å²) in [5.74, 6) is -1.73. The van der Waals surface area contributed by atoms with Gasteiger partial charge in [-0.1, -0.05) is 6.92 Å². The number of rotatable bonds is 6. The number of amides is 1. The number of anilines is 1. The minimum Gasteiger partial charge on any atom is -0.497 e. The van der Waals surface area contributed by atoms with Crippen molar-refractivity contribution in [3.63, 3.8) is 0 Å². The lowest BCUT2D eigenvalue weighted by Gasteiger charge is -2.15. The van der Waals surface area contributed by atoms with Crippen LogP contribution in [-0.2, 0) is 4.79 Å². The van der Waals surface area contributed by atoms with Crippen molar-refractivity contribution in [2.24, 2.45) is 11.5 Å². The monoisotopic (exact) mass is 376 g/mol. The molecule has 6 nitrogen and oxygen atoms in total. The van der Waals surface area contributed by atoms with E-state index in [0.29, 0.717) is 6.54 Å². The molecule has 0 atom stereocenters. The second-order valence-corrected chi connectivity index (χ2v) is 5.81. The Labute approximate surface area is 156 Å². The summed E-state index contributed by atoms with van der Waals surface area (Å²) in [4.78, 5) is 12.0. The molecule has 0 bridgehead atoms. The van der Waals surface area contributed by atoms with E-state index >= 15 is 0 Å². The number of hydrogen-bond acceptors (Lipinski definition) is 5. The number of hydrogen-bond donors (Lipinski definition) is 4. The lowest BCUT2D eigenvalue weighted by molar-refractivity contribution is -0.117. The fraction of sp³-hybridized carbons (Fsp3) is 0.211. The van der Waals surface area contributed by atoms with E-state index in [1.807, 2.05) is 6.92 Å². The van der Waals surface area contributed by atoms with Crippen LogP contribution in [0.2, 0.25) is 0 Å². The van der Waals surface area contributed by atoms with Crippen molar-refractivity contribution >= 4 is 17.3 Å². The van der Waals surface area contributed by atoms with E-state index < -0.39 is 17.5 Å². The van der Waals surface area contributed by atoms with Crippen LogP contribution in [0.25, 0.3) is 16.8 Å². The molecule has 0 heterocycles. The molecule has 27 heavy (non-hydrogen) atoms. The van der Waals surface area contributed by atoms with E-state index in [4.69, 9.17) is 21.9 Å². The third kappa shape index (κ3) is 4.11. The van der Waals surface area contributed by atoms with Crippen molar-refractivity contribution in [1.29, 1.82) is 0 Å². The number of nitrogens with two attached hydrogens (primary N) is 3. The number of methoxy groups -OCH3 is 1. The zero-order valence-electron chi connectivity index (χ0n) is 15.1. The van der Waals surface area contributed by atoms with Crippen LogP contribution < -0.4 is 27.3 Å². The molecule has 0 aliphatic rings. The molecule has 0 saturated heterocycles.